The molecule has 0 aliphatic carbocycles. The van der Waals surface area contributed by atoms with E-state index in [1.807, 2.05) is 16.9 Å². The van der Waals surface area contributed by atoms with Crippen molar-refractivity contribution in [1.29, 1.82) is 0 Å². The molecule has 0 aromatic carbocycles. The third kappa shape index (κ3) is 5.25. The fraction of sp³-hybridized carbons (Fsp3) is 0.545. The van der Waals surface area contributed by atoms with Gasteiger partial charge in [-0.2, -0.15) is 10.1 Å². The Morgan fingerprint density at radius 2 is 2.09 bits per heavy atom. The monoisotopic (exact) mass is 440 g/mol. The lowest BCUT2D eigenvalue weighted by atomic mass is 10.1. The van der Waals surface area contributed by atoms with E-state index >= 15 is 0 Å². The van der Waals surface area contributed by atoms with Crippen LogP contribution < -0.4 is 21.1 Å². The summed E-state index contributed by atoms with van der Waals surface area (Å²) >= 11 is 0. The minimum atomic E-state index is 0.230. The molecular weight excluding hydrogens is 408 g/mol. The van der Waals surface area contributed by atoms with Crippen molar-refractivity contribution in [3.8, 4) is 5.75 Å². The normalized spacial score (nSPS) is 14.7. The van der Waals surface area contributed by atoms with Gasteiger partial charge in [-0.15, -0.1) is 0 Å². The Bertz CT molecular complexity index is 1030. The van der Waals surface area contributed by atoms with Crippen LogP contribution in [0, 0.1) is 0 Å². The fourth-order valence-electron chi connectivity index (χ4n) is 3.85. The van der Waals surface area contributed by atoms with Crippen LogP contribution in [0.25, 0.3) is 11.0 Å². The predicted molar refractivity (Wildman–Crippen MR) is 124 cm³/mol. The molecule has 4 rings (SSSR count). The number of anilines is 2. The van der Waals surface area contributed by atoms with E-state index in [-0.39, 0.29) is 5.95 Å². The maximum Gasteiger partial charge on any atom is 0.222 e. The summed E-state index contributed by atoms with van der Waals surface area (Å²) in [6, 6.07) is 2.52. The summed E-state index contributed by atoms with van der Waals surface area (Å²) in [7, 11) is 1.67. The van der Waals surface area contributed by atoms with Gasteiger partial charge in [-0.1, -0.05) is 13.3 Å². The highest BCUT2D eigenvalue weighted by atomic mass is 16.5. The number of aromatic nitrogens is 5. The zero-order chi connectivity index (χ0) is 22.3. The van der Waals surface area contributed by atoms with Gasteiger partial charge in [0.2, 0.25) is 5.95 Å². The first-order chi connectivity index (χ1) is 15.7. The molecule has 32 heavy (non-hydrogen) atoms. The Labute approximate surface area is 187 Å². The van der Waals surface area contributed by atoms with Crippen LogP contribution in [0.3, 0.4) is 0 Å². The molecule has 10 heteroatoms. The Morgan fingerprint density at radius 1 is 1.25 bits per heavy atom. The number of pyridine rings is 1. The van der Waals surface area contributed by atoms with Crippen molar-refractivity contribution in [3.05, 3.63) is 29.7 Å². The van der Waals surface area contributed by atoms with Gasteiger partial charge in [0, 0.05) is 38.5 Å². The summed E-state index contributed by atoms with van der Waals surface area (Å²) in [5.74, 6) is 1.65. The second-order valence-corrected chi connectivity index (χ2v) is 8.01. The van der Waals surface area contributed by atoms with Crippen molar-refractivity contribution in [2.45, 2.75) is 51.7 Å². The molecule has 4 N–H and O–H groups in total. The van der Waals surface area contributed by atoms with Crippen molar-refractivity contribution >= 4 is 22.8 Å². The first-order valence-corrected chi connectivity index (χ1v) is 11.2. The van der Waals surface area contributed by atoms with E-state index in [0.29, 0.717) is 23.9 Å². The molecule has 10 nitrogen and oxygen atoms in total. The summed E-state index contributed by atoms with van der Waals surface area (Å²) in [6.45, 7) is 5.79. The largest absolute Gasteiger partial charge is 0.495 e. The molecule has 3 aromatic heterocycles. The highest BCUT2D eigenvalue weighted by molar-refractivity contribution is 5.86. The van der Waals surface area contributed by atoms with Crippen molar-refractivity contribution in [2.24, 2.45) is 0 Å². The van der Waals surface area contributed by atoms with Gasteiger partial charge in [0.1, 0.15) is 22.5 Å². The summed E-state index contributed by atoms with van der Waals surface area (Å²) in [4.78, 5) is 13.4. The molecule has 0 amide bonds. The van der Waals surface area contributed by atoms with Gasteiger partial charge >= 0.3 is 0 Å². The number of nitrogens with one attached hydrogen (secondary N) is 2. The summed E-state index contributed by atoms with van der Waals surface area (Å²) in [6.07, 6.45) is 7.80. The van der Waals surface area contributed by atoms with E-state index in [9.17, 15) is 0 Å². The molecule has 0 unspecified atom stereocenters. The van der Waals surface area contributed by atoms with Crippen LogP contribution in [0.15, 0.2) is 18.5 Å². The number of ether oxygens (including phenoxy) is 2. The Kier molecular flexibility index (Phi) is 7.33. The molecule has 0 spiro atoms. The van der Waals surface area contributed by atoms with Gasteiger partial charge in [0.05, 0.1) is 19.9 Å². The maximum absolute atomic E-state index is 5.89. The molecular formula is C22H32N8O2. The van der Waals surface area contributed by atoms with Gasteiger partial charge < -0.3 is 25.8 Å². The SMILES string of the molecule is CCCCNc1nc(N)nc2cnn(Cc3ncc(CNC4CCOCC4)cc3OC)c12. The lowest BCUT2D eigenvalue weighted by Crippen LogP contribution is -2.34. The second kappa shape index (κ2) is 10.6. The molecule has 0 bridgehead atoms. The van der Waals surface area contributed by atoms with Crippen molar-refractivity contribution in [2.75, 3.05) is 37.9 Å². The lowest BCUT2D eigenvalue weighted by molar-refractivity contribution is 0.0776. The number of rotatable bonds is 10. The van der Waals surface area contributed by atoms with Gasteiger partial charge in [0.25, 0.3) is 0 Å². The molecule has 0 saturated carbocycles. The van der Waals surface area contributed by atoms with Gasteiger partial charge in [-0.05, 0) is 30.9 Å². The molecule has 0 radical (unpaired) electrons. The summed E-state index contributed by atoms with van der Waals surface area (Å²) < 4.78 is 12.9. The van der Waals surface area contributed by atoms with Gasteiger partial charge in [0.15, 0.2) is 5.82 Å². The summed E-state index contributed by atoms with van der Waals surface area (Å²) in [5.41, 5.74) is 9.28. The van der Waals surface area contributed by atoms with E-state index in [4.69, 9.17) is 15.2 Å². The molecule has 1 aliphatic heterocycles. The third-order valence-corrected chi connectivity index (χ3v) is 5.65. The van der Waals surface area contributed by atoms with Crippen LogP contribution in [0.4, 0.5) is 11.8 Å². The number of unbranched alkanes of at least 4 members (excludes halogenated alkanes) is 1. The molecule has 1 saturated heterocycles. The van der Waals surface area contributed by atoms with Crippen LogP contribution in [0.5, 0.6) is 5.75 Å². The first-order valence-electron chi connectivity index (χ1n) is 11.2. The average molecular weight is 441 g/mol. The first kappa shape index (κ1) is 22.2. The number of hydrogen-bond acceptors (Lipinski definition) is 9. The smallest absolute Gasteiger partial charge is 0.222 e. The standard InChI is InChI=1S/C22H32N8O2/c1-3-4-7-24-21-20-17(28-22(23)29-21)13-27-30(20)14-18-19(31-2)10-15(12-26-18)11-25-16-5-8-32-9-6-16/h10,12-13,16,25H,3-9,11,14H2,1-2H3,(H3,23,24,28,29). The molecule has 4 heterocycles. The Hall–Kier alpha value is -2.98. The number of nitrogens with zero attached hydrogens (tertiary/aromatic N) is 5. The second-order valence-electron chi connectivity index (χ2n) is 8.01. The summed E-state index contributed by atoms with van der Waals surface area (Å²) in [5, 5.41) is 11.5. The number of nitrogen functional groups attached to an aromatic ring is 1. The van der Waals surface area contributed by atoms with E-state index in [1.54, 1.807) is 13.3 Å². The maximum atomic E-state index is 5.89. The van der Waals surface area contributed by atoms with Gasteiger partial charge in [-0.25, -0.2) is 4.98 Å². The lowest BCUT2D eigenvalue weighted by Gasteiger charge is -2.23. The minimum Gasteiger partial charge on any atom is -0.495 e. The highest BCUT2D eigenvalue weighted by Gasteiger charge is 2.16. The van der Waals surface area contributed by atoms with E-state index < -0.39 is 0 Å². The number of hydrogen-bond donors (Lipinski definition) is 3. The van der Waals surface area contributed by atoms with Crippen molar-refractivity contribution in [1.82, 2.24) is 30.0 Å². The molecule has 1 fully saturated rings. The van der Waals surface area contributed by atoms with Crippen LogP contribution >= 0.6 is 0 Å². The Morgan fingerprint density at radius 3 is 2.88 bits per heavy atom. The van der Waals surface area contributed by atoms with Crippen LogP contribution in [-0.2, 0) is 17.8 Å². The van der Waals surface area contributed by atoms with E-state index in [1.165, 1.54) is 0 Å². The zero-order valence-electron chi connectivity index (χ0n) is 18.8. The average Bonchev–Trinajstić information content (AvgIpc) is 3.21. The van der Waals surface area contributed by atoms with Crippen LogP contribution in [-0.4, -0.2) is 57.6 Å². The number of nitrogens with two attached hydrogens (primary N) is 1. The molecule has 1 aliphatic rings. The van der Waals surface area contributed by atoms with Crippen LogP contribution in [0.1, 0.15) is 43.9 Å². The van der Waals surface area contributed by atoms with Gasteiger partial charge in [-0.3, -0.25) is 9.67 Å². The predicted octanol–water partition coefficient (Wildman–Crippen LogP) is 2.34. The third-order valence-electron chi connectivity index (χ3n) is 5.65. The fourth-order valence-corrected chi connectivity index (χ4v) is 3.85. The Balaban J connectivity index is 1.52. The van der Waals surface area contributed by atoms with Crippen molar-refractivity contribution in [3.63, 3.8) is 0 Å². The molecule has 172 valence electrons. The number of methoxy groups -OCH3 is 1. The van der Waals surface area contributed by atoms with Crippen LogP contribution in [0.2, 0.25) is 0 Å². The zero-order valence-corrected chi connectivity index (χ0v) is 18.8. The van der Waals surface area contributed by atoms with E-state index in [2.05, 4.69) is 37.6 Å². The molecule has 3 aromatic rings. The van der Waals surface area contributed by atoms with E-state index in [0.717, 1.165) is 74.5 Å². The number of fused-ring (bicyclic) bond motifs is 1. The molecule has 0 atom stereocenters. The highest BCUT2D eigenvalue weighted by Crippen LogP contribution is 2.25. The van der Waals surface area contributed by atoms with Crippen molar-refractivity contribution < 1.29 is 9.47 Å². The minimum absolute atomic E-state index is 0.230. The topological polar surface area (TPSA) is 125 Å². The quantitative estimate of drug-likeness (QED) is 0.407.